The lowest BCUT2D eigenvalue weighted by molar-refractivity contribution is 0.00578. The van der Waals surface area contributed by atoms with E-state index in [9.17, 15) is 0 Å². The van der Waals surface area contributed by atoms with E-state index < -0.39 is 7.12 Å². The van der Waals surface area contributed by atoms with Crippen LogP contribution < -0.4 is 10.3 Å². The summed E-state index contributed by atoms with van der Waals surface area (Å²) in [5.74, 6) is 0.686. The molecule has 92 valence electrons. The number of aromatic nitrogens is 1. The number of methoxy groups -OCH3 is 1. The highest BCUT2D eigenvalue weighted by atomic mass is 16.7. The smallest absolute Gasteiger partial charge is 0.496 e. The van der Waals surface area contributed by atoms with Gasteiger partial charge in [0.2, 0.25) is 0 Å². The molecule has 1 saturated heterocycles. The van der Waals surface area contributed by atoms with Crippen molar-refractivity contribution in [1.29, 1.82) is 0 Å². The Labute approximate surface area is 102 Å². The zero-order valence-electron chi connectivity index (χ0n) is 11.0. The van der Waals surface area contributed by atoms with E-state index in [0.29, 0.717) is 11.3 Å². The molecule has 2 heterocycles. The predicted octanol–water partition coefficient (Wildman–Crippen LogP) is 1.39. The average Bonchev–Trinajstić information content (AvgIpc) is 2.48. The molecule has 0 saturated carbocycles. The summed E-state index contributed by atoms with van der Waals surface area (Å²) in [5.41, 5.74) is -0.0333. The fourth-order valence-corrected chi connectivity index (χ4v) is 1.71. The summed E-state index contributed by atoms with van der Waals surface area (Å²) in [5, 5.41) is 0. The highest BCUT2D eigenvalue weighted by Crippen LogP contribution is 2.36. The number of ether oxygens (including phenoxy) is 1. The Hall–Kier alpha value is -1.07. The lowest BCUT2D eigenvalue weighted by Crippen LogP contribution is -2.41. The molecule has 0 aliphatic carbocycles. The van der Waals surface area contributed by atoms with Crippen molar-refractivity contribution >= 4 is 12.7 Å². The van der Waals surface area contributed by atoms with Crippen molar-refractivity contribution in [3.8, 4) is 5.75 Å². The highest BCUT2D eigenvalue weighted by molar-refractivity contribution is 6.62. The number of rotatable bonds is 2. The van der Waals surface area contributed by atoms with Crippen molar-refractivity contribution in [1.82, 2.24) is 4.98 Å². The number of hydrogen-bond donors (Lipinski definition) is 0. The lowest BCUT2D eigenvalue weighted by atomic mass is 9.83. The van der Waals surface area contributed by atoms with E-state index in [0.717, 1.165) is 0 Å². The van der Waals surface area contributed by atoms with E-state index >= 15 is 0 Å². The first-order chi connectivity index (χ1) is 7.87. The van der Waals surface area contributed by atoms with Crippen LogP contribution in [0.15, 0.2) is 18.3 Å². The summed E-state index contributed by atoms with van der Waals surface area (Å²) in [4.78, 5) is 4.29. The van der Waals surface area contributed by atoms with Gasteiger partial charge in [0, 0.05) is 6.20 Å². The van der Waals surface area contributed by atoms with Gasteiger partial charge in [0.05, 0.1) is 18.3 Å². The molecule has 17 heavy (non-hydrogen) atoms. The van der Waals surface area contributed by atoms with Crippen LogP contribution in [-0.4, -0.2) is 30.4 Å². The van der Waals surface area contributed by atoms with Crippen molar-refractivity contribution in [3.63, 3.8) is 0 Å². The zero-order valence-corrected chi connectivity index (χ0v) is 11.0. The van der Waals surface area contributed by atoms with Crippen LogP contribution in [0, 0.1) is 0 Å². The lowest BCUT2D eigenvalue weighted by Gasteiger charge is -2.32. The van der Waals surface area contributed by atoms with Gasteiger partial charge in [0.25, 0.3) is 0 Å². The number of hydrogen-bond acceptors (Lipinski definition) is 4. The summed E-state index contributed by atoms with van der Waals surface area (Å²) < 4.78 is 17.1. The molecule has 0 bridgehead atoms. The van der Waals surface area contributed by atoms with Gasteiger partial charge in [-0.15, -0.1) is 0 Å². The molecule has 0 radical (unpaired) electrons. The summed E-state index contributed by atoms with van der Waals surface area (Å²) in [6, 6.07) is 3.68. The maximum absolute atomic E-state index is 5.93. The van der Waals surface area contributed by atoms with Gasteiger partial charge < -0.3 is 14.0 Å². The summed E-state index contributed by atoms with van der Waals surface area (Å²) in [6.07, 6.45) is 1.71. The Bertz CT molecular complexity index is 404. The Morgan fingerprint density at radius 1 is 1.18 bits per heavy atom. The SMILES string of the molecule is COc1cccnc1B1OC(C)(C)C(C)(C)O1. The standard InChI is InChI=1S/C12H18BNO3/c1-11(2)12(3,4)17-13(16-11)10-9(15-5)7-6-8-14-10/h6-8H,1-5H3. The first-order valence-corrected chi connectivity index (χ1v) is 5.72. The van der Waals surface area contributed by atoms with Gasteiger partial charge in [-0.1, -0.05) is 0 Å². The molecule has 0 spiro atoms. The monoisotopic (exact) mass is 235 g/mol. The quantitative estimate of drug-likeness (QED) is 0.726. The maximum atomic E-state index is 5.93. The van der Waals surface area contributed by atoms with Crippen LogP contribution >= 0.6 is 0 Å². The minimum absolute atomic E-state index is 0.361. The first kappa shape index (κ1) is 12.4. The van der Waals surface area contributed by atoms with Crippen molar-refractivity contribution in [2.45, 2.75) is 38.9 Å². The fraction of sp³-hybridized carbons (Fsp3) is 0.583. The number of nitrogens with zero attached hydrogens (tertiary/aromatic N) is 1. The minimum atomic E-state index is -0.476. The topological polar surface area (TPSA) is 40.6 Å². The van der Waals surface area contributed by atoms with Gasteiger partial charge in [-0.3, -0.25) is 4.98 Å². The van der Waals surface area contributed by atoms with Gasteiger partial charge in [-0.2, -0.15) is 0 Å². The van der Waals surface area contributed by atoms with Crippen molar-refractivity contribution in [2.75, 3.05) is 7.11 Å². The van der Waals surface area contributed by atoms with E-state index in [1.165, 1.54) is 0 Å². The number of pyridine rings is 1. The van der Waals surface area contributed by atoms with Crippen LogP contribution in [0.1, 0.15) is 27.7 Å². The second kappa shape index (κ2) is 4.00. The Morgan fingerprint density at radius 3 is 2.29 bits per heavy atom. The highest BCUT2D eigenvalue weighted by Gasteiger charge is 2.53. The zero-order chi connectivity index (χ0) is 12.7. The molecule has 1 aliphatic heterocycles. The fourth-order valence-electron chi connectivity index (χ4n) is 1.71. The third-order valence-electron chi connectivity index (χ3n) is 3.50. The van der Waals surface area contributed by atoms with Gasteiger partial charge in [-0.05, 0) is 39.8 Å². The molecular weight excluding hydrogens is 217 g/mol. The molecule has 5 heteroatoms. The normalized spacial score (nSPS) is 21.6. The molecule has 0 amide bonds. The Balaban J connectivity index is 2.32. The summed E-state index contributed by atoms with van der Waals surface area (Å²) in [7, 11) is 1.14. The van der Waals surface area contributed by atoms with Crippen molar-refractivity contribution in [3.05, 3.63) is 18.3 Å². The van der Waals surface area contributed by atoms with Crippen molar-refractivity contribution < 1.29 is 14.0 Å². The van der Waals surface area contributed by atoms with E-state index in [-0.39, 0.29) is 11.2 Å². The molecular formula is C12H18BNO3. The largest absolute Gasteiger partial charge is 0.518 e. The van der Waals surface area contributed by atoms with Gasteiger partial charge in [-0.25, -0.2) is 0 Å². The molecule has 0 atom stereocenters. The third kappa shape index (κ3) is 2.05. The molecule has 2 rings (SSSR count). The minimum Gasteiger partial charge on any atom is -0.496 e. The molecule has 1 aromatic rings. The molecule has 1 fully saturated rings. The molecule has 4 nitrogen and oxygen atoms in total. The first-order valence-electron chi connectivity index (χ1n) is 5.72. The summed E-state index contributed by atoms with van der Waals surface area (Å²) in [6.45, 7) is 8.07. The summed E-state index contributed by atoms with van der Waals surface area (Å²) >= 11 is 0. The second-order valence-electron chi connectivity index (χ2n) is 5.18. The van der Waals surface area contributed by atoms with Crippen molar-refractivity contribution in [2.24, 2.45) is 0 Å². The Morgan fingerprint density at radius 2 is 1.76 bits per heavy atom. The van der Waals surface area contributed by atoms with Crippen LogP contribution in [0.5, 0.6) is 5.75 Å². The van der Waals surface area contributed by atoms with E-state index in [1.54, 1.807) is 13.3 Å². The Kier molecular flexibility index (Phi) is 2.91. The molecule has 0 aromatic carbocycles. The second-order valence-corrected chi connectivity index (χ2v) is 5.18. The van der Waals surface area contributed by atoms with Crippen LogP contribution in [0.25, 0.3) is 0 Å². The molecule has 0 N–H and O–H groups in total. The molecule has 0 unspecified atom stereocenters. The van der Waals surface area contributed by atoms with Gasteiger partial charge in [0.15, 0.2) is 0 Å². The van der Waals surface area contributed by atoms with E-state index in [2.05, 4.69) is 4.98 Å². The van der Waals surface area contributed by atoms with Gasteiger partial charge in [0.1, 0.15) is 11.3 Å². The van der Waals surface area contributed by atoms with Crippen LogP contribution in [0.2, 0.25) is 0 Å². The van der Waals surface area contributed by atoms with Crippen LogP contribution in [0.4, 0.5) is 0 Å². The van der Waals surface area contributed by atoms with Gasteiger partial charge >= 0.3 is 7.12 Å². The van der Waals surface area contributed by atoms with Crippen LogP contribution in [-0.2, 0) is 9.31 Å². The average molecular weight is 235 g/mol. The molecule has 1 aromatic heterocycles. The maximum Gasteiger partial charge on any atom is 0.518 e. The van der Waals surface area contributed by atoms with E-state index in [4.69, 9.17) is 14.0 Å². The predicted molar refractivity (Wildman–Crippen MR) is 66.5 cm³/mol. The van der Waals surface area contributed by atoms with Crippen LogP contribution in [0.3, 0.4) is 0 Å². The molecule has 1 aliphatic rings. The van der Waals surface area contributed by atoms with E-state index in [1.807, 2.05) is 39.8 Å². The third-order valence-corrected chi connectivity index (χ3v) is 3.50.